The minimum Gasteiger partial charge on any atom is -0.340 e. The Morgan fingerprint density at radius 2 is 2.19 bits per heavy atom. The largest absolute Gasteiger partial charge is 0.340 e. The SMILES string of the molecule is CCCC1(c2nc3c(S(C)(=O)=O)cccc3[nH]2)CCCN1. The molecule has 5 nitrogen and oxygen atoms in total. The molecule has 0 radical (unpaired) electrons. The number of imidazole rings is 1. The van der Waals surface area contributed by atoms with Crippen LogP contribution in [0.1, 0.15) is 38.4 Å². The second kappa shape index (κ2) is 5.10. The Hall–Kier alpha value is -1.40. The van der Waals surface area contributed by atoms with Gasteiger partial charge in [-0.25, -0.2) is 13.4 Å². The molecule has 1 fully saturated rings. The van der Waals surface area contributed by atoms with Crippen molar-refractivity contribution >= 4 is 20.9 Å². The highest BCUT2D eigenvalue weighted by atomic mass is 32.2. The fourth-order valence-corrected chi connectivity index (χ4v) is 4.13. The molecule has 21 heavy (non-hydrogen) atoms. The monoisotopic (exact) mass is 307 g/mol. The zero-order valence-electron chi connectivity index (χ0n) is 12.4. The van der Waals surface area contributed by atoms with Gasteiger partial charge in [-0.3, -0.25) is 0 Å². The van der Waals surface area contributed by atoms with Crippen molar-refractivity contribution in [2.24, 2.45) is 0 Å². The van der Waals surface area contributed by atoms with Crippen molar-refractivity contribution in [2.45, 2.75) is 43.0 Å². The number of nitrogens with one attached hydrogen (secondary N) is 2. The average Bonchev–Trinajstić information content (AvgIpc) is 3.03. The normalized spacial score (nSPS) is 23.0. The minimum atomic E-state index is -3.27. The first-order valence-corrected chi connectivity index (χ1v) is 9.30. The molecule has 3 rings (SSSR count). The second-order valence-electron chi connectivity index (χ2n) is 5.87. The highest BCUT2D eigenvalue weighted by Gasteiger charge is 2.37. The van der Waals surface area contributed by atoms with E-state index in [1.807, 2.05) is 6.07 Å². The zero-order chi connectivity index (χ0) is 15.1. The van der Waals surface area contributed by atoms with Crippen LogP contribution in [0, 0.1) is 0 Å². The van der Waals surface area contributed by atoms with Gasteiger partial charge in [-0.1, -0.05) is 19.4 Å². The van der Waals surface area contributed by atoms with Gasteiger partial charge in [-0.15, -0.1) is 0 Å². The quantitative estimate of drug-likeness (QED) is 0.909. The molecule has 6 heteroatoms. The van der Waals surface area contributed by atoms with Crippen LogP contribution >= 0.6 is 0 Å². The molecule has 0 bridgehead atoms. The van der Waals surface area contributed by atoms with Crippen LogP contribution in [0.4, 0.5) is 0 Å². The molecule has 1 saturated heterocycles. The number of nitrogens with zero attached hydrogens (tertiary/aromatic N) is 1. The molecule has 1 atom stereocenters. The van der Waals surface area contributed by atoms with Gasteiger partial charge < -0.3 is 10.3 Å². The van der Waals surface area contributed by atoms with Crippen molar-refractivity contribution in [3.8, 4) is 0 Å². The average molecular weight is 307 g/mol. The number of fused-ring (bicyclic) bond motifs is 1. The molecule has 1 aromatic heterocycles. The second-order valence-corrected chi connectivity index (χ2v) is 7.86. The number of hydrogen-bond acceptors (Lipinski definition) is 4. The van der Waals surface area contributed by atoms with E-state index in [2.05, 4.69) is 22.2 Å². The predicted octanol–water partition coefficient (Wildman–Crippen LogP) is 2.35. The molecule has 1 unspecified atom stereocenters. The Morgan fingerprint density at radius 1 is 1.38 bits per heavy atom. The molecule has 0 amide bonds. The van der Waals surface area contributed by atoms with Crippen LogP contribution in [-0.4, -0.2) is 31.2 Å². The van der Waals surface area contributed by atoms with Gasteiger partial charge in [0.2, 0.25) is 0 Å². The molecule has 114 valence electrons. The summed E-state index contributed by atoms with van der Waals surface area (Å²) in [6.45, 7) is 3.14. The molecule has 0 saturated carbocycles. The van der Waals surface area contributed by atoms with E-state index in [4.69, 9.17) is 0 Å². The number of benzene rings is 1. The third-order valence-electron chi connectivity index (χ3n) is 4.25. The molecule has 1 aromatic carbocycles. The van der Waals surface area contributed by atoms with Gasteiger partial charge in [0.15, 0.2) is 9.84 Å². The van der Waals surface area contributed by atoms with Crippen molar-refractivity contribution in [3.05, 3.63) is 24.0 Å². The summed E-state index contributed by atoms with van der Waals surface area (Å²) in [5.74, 6) is 0.868. The van der Waals surface area contributed by atoms with E-state index in [0.717, 1.165) is 43.6 Å². The maximum atomic E-state index is 11.9. The van der Waals surface area contributed by atoms with Crippen LogP contribution in [0.5, 0.6) is 0 Å². The van der Waals surface area contributed by atoms with Crippen molar-refractivity contribution in [2.75, 3.05) is 12.8 Å². The summed E-state index contributed by atoms with van der Waals surface area (Å²) in [7, 11) is -3.27. The highest BCUT2D eigenvalue weighted by Crippen LogP contribution is 2.35. The van der Waals surface area contributed by atoms with Crippen molar-refractivity contribution in [3.63, 3.8) is 0 Å². The summed E-state index contributed by atoms with van der Waals surface area (Å²) in [4.78, 5) is 8.29. The van der Waals surface area contributed by atoms with Crippen molar-refractivity contribution < 1.29 is 8.42 Å². The van der Waals surface area contributed by atoms with Gasteiger partial charge in [0.1, 0.15) is 11.3 Å². The topological polar surface area (TPSA) is 74.8 Å². The van der Waals surface area contributed by atoms with Gasteiger partial charge in [0.25, 0.3) is 0 Å². The maximum Gasteiger partial charge on any atom is 0.177 e. The molecule has 2 aromatic rings. The number of aromatic nitrogens is 2. The summed E-state index contributed by atoms with van der Waals surface area (Å²) in [6.07, 6.45) is 5.45. The van der Waals surface area contributed by atoms with E-state index in [1.54, 1.807) is 12.1 Å². The standard InChI is InChI=1S/C15H21N3O2S/c1-3-8-15(9-5-10-16-15)14-17-11-6-4-7-12(13(11)18-14)21(2,19)20/h4,6-7,16H,3,5,8-10H2,1-2H3,(H,17,18). The number of H-pyrrole nitrogens is 1. The van der Waals surface area contributed by atoms with Crippen molar-refractivity contribution in [1.82, 2.24) is 15.3 Å². The van der Waals surface area contributed by atoms with E-state index in [-0.39, 0.29) is 5.54 Å². The number of hydrogen-bond donors (Lipinski definition) is 2. The molecular formula is C15H21N3O2S. The van der Waals surface area contributed by atoms with Crippen LogP contribution in [0.15, 0.2) is 23.1 Å². The Kier molecular flexibility index (Phi) is 3.53. The Balaban J connectivity index is 2.17. The Bertz CT molecular complexity index is 758. The maximum absolute atomic E-state index is 11.9. The highest BCUT2D eigenvalue weighted by molar-refractivity contribution is 7.91. The van der Waals surface area contributed by atoms with E-state index < -0.39 is 9.84 Å². The zero-order valence-corrected chi connectivity index (χ0v) is 13.3. The van der Waals surface area contributed by atoms with Gasteiger partial charge in [0, 0.05) is 6.26 Å². The van der Waals surface area contributed by atoms with Crippen LogP contribution in [0.2, 0.25) is 0 Å². The van der Waals surface area contributed by atoms with Gasteiger partial charge in [-0.2, -0.15) is 0 Å². The Labute approximate surface area is 125 Å². The fraction of sp³-hybridized carbons (Fsp3) is 0.533. The molecule has 1 aliphatic rings. The number of sulfone groups is 1. The summed E-state index contributed by atoms with van der Waals surface area (Å²) < 4.78 is 23.8. The first kappa shape index (κ1) is 14.5. The lowest BCUT2D eigenvalue weighted by molar-refractivity contribution is 0.338. The van der Waals surface area contributed by atoms with E-state index in [1.165, 1.54) is 6.26 Å². The van der Waals surface area contributed by atoms with Crippen LogP contribution in [0.25, 0.3) is 11.0 Å². The van der Waals surface area contributed by atoms with Gasteiger partial charge in [0.05, 0.1) is 16.0 Å². The molecule has 2 heterocycles. The summed E-state index contributed by atoms with van der Waals surface area (Å²) in [6, 6.07) is 5.27. The smallest absolute Gasteiger partial charge is 0.177 e. The fourth-order valence-electron chi connectivity index (χ4n) is 3.30. The lowest BCUT2D eigenvalue weighted by Crippen LogP contribution is -2.37. The third kappa shape index (κ3) is 2.46. The molecule has 1 aliphatic heterocycles. The molecule has 0 aliphatic carbocycles. The van der Waals surface area contributed by atoms with Gasteiger partial charge >= 0.3 is 0 Å². The molecular weight excluding hydrogens is 286 g/mol. The minimum absolute atomic E-state index is 0.136. The third-order valence-corrected chi connectivity index (χ3v) is 5.38. The van der Waals surface area contributed by atoms with Crippen LogP contribution < -0.4 is 5.32 Å². The number of rotatable bonds is 4. The first-order valence-electron chi connectivity index (χ1n) is 7.40. The summed E-state index contributed by atoms with van der Waals surface area (Å²) in [5, 5.41) is 3.56. The van der Waals surface area contributed by atoms with E-state index in [0.29, 0.717) is 10.4 Å². The van der Waals surface area contributed by atoms with Crippen LogP contribution in [0.3, 0.4) is 0 Å². The number of aromatic amines is 1. The lowest BCUT2D eigenvalue weighted by atomic mass is 9.91. The molecule has 2 N–H and O–H groups in total. The van der Waals surface area contributed by atoms with E-state index in [9.17, 15) is 8.42 Å². The number of para-hydroxylation sites is 1. The van der Waals surface area contributed by atoms with Gasteiger partial charge in [-0.05, 0) is 37.9 Å². The Morgan fingerprint density at radius 3 is 2.81 bits per heavy atom. The van der Waals surface area contributed by atoms with Crippen molar-refractivity contribution in [1.29, 1.82) is 0 Å². The predicted molar refractivity (Wildman–Crippen MR) is 83.0 cm³/mol. The lowest BCUT2D eigenvalue weighted by Gasteiger charge is -2.26. The summed E-state index contributed by atoms with van der Waals surface area (Å²) in [5.41, 5.74) is 1.21. The van der Waals surface area contributed by atoms with Crippen LogP contribution in [-0.2, 0) is 15.4 Å². The molecule has 0 spiro atoms. The summed E-state index contributed by atoms with van der Waals surface area (Å²) >= 11 is 0. The first-order chi connectivity index (χ1) is 9.96. The van der Waals surface area contributed by atoms with E-state index >= 15 is 0 Å².